The van der Waals surface area contributed by atoms with Crippen molar-refractivity contribution >= 4 is 11.6 Å². The van der Waals surface area contributed by atoms with Crippen LogP contribution in [0.4, 0.5) is 0 Å². The Morgan fingerprint density at radius 2 is 1.79 bits per heavy atom. The quantitative estimate of drug-likeness (QED) is 0.909. The zero-order chi connectivity index (χ0) is 13.2. The summed E-state index contributed by atoms with van der Waals surface area (Å²) >= 11 is 5.94. The van der Waals surface area contributed by atoms with Gasteiger partial charge in [0, 0.05) is 17.1 Å². The van der Waals surface area contributed by atoms with Gasteiger partial charge in [-0.3, -0.25) is 0 Å². The monoisotopic (exact) mass is 275 g/mol. The van der Waals surface area contributed by atoms with Crippen molar-refractivity contribution in [3.63, 3.8) is 0 Å². The van der Waals surface area contributed by atoms with E-state index in [1.54, 1.807) is 0 Å². The van der Waals surface area contributed by atoms with Gasteiger partial charge in [0.15, 0.2) is 0 Å². The van der Waals surface area contributed by atoms with E-state index in [1.807, 2.05) is 36.8 Å². The third-order valence-electron chi connectivity index (χ3n) is 3.94. The third kappa shape index (κ3) is 2.67. The molecular formula is C15H18ClN3. The lowest BCUT2D eigenvalue weighted by atomic mass is 9.91. The molecule has 0 spiro atoms. The van der Waals surface area contributed by atoms with Gasteiger partial charge in [-0.1, -0.05) is 23.7 Å². The Balaban J connectivity index is 1.88. The molecule has 1 fully saturated rings. The molecule has 1 heterocycles. The summed E-state index contributed by atoms with van der Waals surface area (Å²) < 4.78 is 2.29. The molecule has 2 N–H and O–H groups in total. The Labute approximate surface area is 118 Å². The van der Waals surface area contributed by atoms with Crippen molar-refractivity contribution in [2.75, 3.05) is 0 Å². The van der Waals surface area contributed by atoms with Gasteiger partial charge < -0.3 is 10.3 Å². The summed E-state index contributed by atoms with van der Waals surface area (Å²) in [5.41, 5.74) is 8.30. The van der Waals surface area contributed by atoms with Gasteiger partial charge in [0.2, 0.25) is 0 Å². The maximum absolute atomic E-state index is 5.98. The fourth-order valence-electron chi connectivity index (χ4n) is 2.82. The summed E-state index contributed by atoms with van der Waals surface area (Å²) in [6.45, 7) is 0. The number of hydrogen-bond acceptors (Lipinski definition) is 2. The van der Waals surface area contributed by atoms with Gasteiger partial charge in [-0.25, -0.2) is 4.98 Å². The van der Waals surface area contributed by atoms with Crippen LogP contribution in [0, 0.1) is 0 Å². The normalized spacial score (nSPS) is 23.5. The smallest absolute Gasteiger partial charge is 0.0953 e. The molecule has 3 rings (SSSR count). The number of imidazole rings is 1. The Morgan fingerprint density at radius 1 is 1.11 bits per heavy atom. The van der Waals surface area contributed by atoms with Crippen LogP contribution in [-0.2, 0) is 0 Å². The van der Waals surface area contributed by atoms with Crippen molar-refractivity contribution in [3.8, 4) is 11.3 Å². The van der Waals surface area contributed by atoms with E-state index in [0.717, 1.165) is 42.0 Å². The van der Waals surface area contributed by atoms with Crippen molar-refractivity contribution in [1.82, 2.24) is 9.55 Å². The number of benzene rings is 1. The van der Waals surface area contributed by atoms with Gasteiger partial charge >= 0.3 is 0 Å². The third-order valence-corrected chi connectivity index (χ3v) is 4.19. The second-order valence-corrected chi connectivity index (χ2v) is 5.70. The van der Waals surface area contributed by atoms with E-state index in [0.29, 0.717) is 12.1 Å². The molecule has 1 aliphatic rings. The van der Waals surface area contributed by atoms with Crippen LogP contribution in [0.2, 0.25) is 5.02 Å². The highest BCUT2D eigenvalue weighted by Crippen LogP contribution is 2.32. The van der Waals surface area contributed by atoms with Crippen molar-refractivity contribution in [2.45, 2.75) is 37.8 Å². The SMILES string of the molecule is NC1CCC(n2cncc2-c2ccc(Cl)cc2)CC1. The minimum atomic E-state index is 0.374. The van der Waals surface area contributed by atoms with Crippen molar-refractivity contribution < 1.29 is 0 Å². The average molecular weight is 276 g/mol. The van der Waals surface area contributed by atoms with Gasteiger partial charge in [-0.15, -0.1) is 0 Å². The fraction of sp³-hybridized carbons (Fsp3) is 0.400. The summed E-state index contributed by atoms with van der Waals surface area (Å²) in [6.07, 6.45) is 8.34. The highest BCUT2D eigenvalue weighted by atomic mass is 35.5. The van der Waals surface area contributed by atoms with E-state index in [2.05, 4.69) is 9.55 Å². The minimum Gasteiger partial charge on any atom is -0.328 e. The minimum absolute atomic E-state index is 0.374. The molecule has 1 saturated carbocycles. The lowest BCUT2D eigenvalue weighted by molar-refractivity contribution is 0.325. The summed E-state index contributed by atoms with van der Waals surface area (Å²) in [6, 6.07) is 8.83. The summed E-state index contributed by atoms with van der Waals surface area (Å²) in [5, 5.41) is 0.762. The molecule has 0 saturated heterocycles. The lowest BCUT2D eigenvalue weighted by Crippen LogP contribution is -2.27. The van der Waals surface area contributed by atoms with Crippen molar-refractivity contribution in [3.05, 3.63) is 41.8 Å². The lowest BCUT2D eigenvalue weighted by Gasteiger charge is -2.28. The van der Waals surface area contributed by atoms with Crippen LogP contribution in [-0.4, -0.2) is 15.6 Å². The molecule has 2 aromatic rings. The predicted octanol–water partition coefficient (Wildman–Crippen LogP) is 3.65. The highest BCUT2D eigenvalue weighted by molar-refractivity contribution is 6.30. The van der Waals surface area contributed by atoms with Crippen LogP contribution in [0.15, 0.2) is 36.8 Å². The number of hydrogen-bond donors (Lipinski definition) is 1. The Hall–Kier alpha value is -1.32. The second-order valence-electron chi connectivity index (χ2n) is 5.26. The Bertz CT molecular complexity index is 539. The first-order valence-corrected chi connectivity index (χ1v) is 7.15. The first-order chi connectivity index (χ1) is 9.24. The van der Waals surface area contributed by atoms with Gasteiger partial charge in [0.1, 0.15) is 0 Å². The Morgan fingerprint density at radius 3 is 2.47 bits per heavy atom. The van der Waals surface area contributed by atoms with Crippen LogP contribution in [0.25, 0.3) is 11.3 Å². The van der Waals surface area contributed by atoms with Crippen LogP contribution < -0.4 is 5.73 Å². The molecule has 1 aliphatic carbocycles. The molecule has 0 amide bonds. The molecule has 0 radical (unpaired) electrons. The van der Waals surface area contributed by atoms with Crippen LogP contribution in [0.3, 0.4) is 0 Å². The summed E-state index contributed by atoms with van der Waals surface area (Å²) in [4.78, 5) is 4.31. The van der Waals surface area contributed by atoms with E-state index in [9.17, 15) is 0 Å². The molecule has 1 aromatic carbocycles. The maximum atomic E-state index is 5.98. The highest BCUT2D eigenvalue weighted by Gasteiger charge is 2.21. The van der Waals surface area contributed by atoms with E-state index in [-0.39, 0.29) is 0 Å². The molecule has 4 heteroatoms. The molecule has 0 unspecified atom stereocenters. The second kappa shape index (κ2) is 5.35. The van der Waals surface area contributed by atoms with E-state index >= 15 is 0 Å². The molecule has 19 heavy (non-hydrogen) atoms. The number of halogens is 1. The summed E-state index contributed by atoms with van der Waals surface area (Å²) in [5.74, 6) is 0. The zero-order valence-corrected chi connectivity index (χ0v) is 11.6. The van der Waals surface area contributed by atoms with Crippen LogP contribution in [0.1, 0.15) is 31.7 Å². The van der Waals surface area contributed by atoms with Gasteiger partial charge in [0.05, 0.1) is 18.2 Å². The van der Waals surface area contributed by atoms with Gasteiger partial charge in [-0.05, 0) is 43.4 Å². The molecule has 0 aliphatic heterocycles. The maximum Gasteiger partial charge on any atom is 0.0953 e. The Kier molecular flexibility index (Phi) is 3.58. The van der Waals surface area contributed by atoms with Crippen molar-refractivity contribution in [1.29, 1.82) is 0 Å². The van der Waals surface area contributed by atoms with Crippen LogP contribution >= 0.6 is 11.6 Å². The van der Waals surface area contributed by atoms with Crippen LogP contribution in [0.5, 0.6) is 0 Å². The molecule has 3 nitrogen and oxygen atoms in total. The standard InChI is InChI=1S/C15H18ClN3/c16-12-3-1-11(2-4-12)15-9-18-10-19(15)14-7-5-13(17)6-8-14/h1-4,9-10,13-14H,5-8,17H2. The number of nitrogens with two attached hydrogens (primary N) is 1. The molecule has 1 aromatic heterocycles. The number of rotatable bonds is 2. The number of aromatic nitrogens is 2. The first-order valence-electron chi connectivity index (χ1n) is 6.77. The van der Waals surface area contributed by atoms with E-state index in [1.165, 1.54) is 0 Å². The zero-order valence-electron chi connectivity index (χ0n) is 10.8. The van der Waals surface area contributed by atoms with E-state index < -0.39 is 0 Å². The van der Waals surface area contributed by atoms with Gasteiger partial charge in [0.25, 0.3) is 0 Å². The molecule has 0 atom stereocenters. The fourth-order valence-corrected chi connectivity index (χ4v) is 2.95. The largest absolute Gasteiger partial charge is 0.328 e. The molecule has 100 valence electrons. The summed E-state index contributed by atoms with van der Waals surface area (Å²) in [7, 11) is 0. The first kappa shape index (κ1) is 12.7. The van der Waals surface area contributed by atoms with Crippen molar-refractivity contribution in [2.24, 2.45) is 5.73 Å². The average Bonchev–Trinajstić information content (AvgIpc) is 2.90. The molecule has 0 bridgehead atoms. The topological polar surface area (TPSA) is 43.8 Å². The predicted molar refractivity (Wildman–Crippen MR) is 78.2 cm³/mol. The number of nitrogens with zero attached hydrogens (tertiary/aromatic N) is 2. The van der Waals surface area contributed by atoms with Gasteiger partial charge in [-0.2, -0.15) is 0 Å². The molecular weight excluding hydrogens is 258 g/mol. The van der Waals surface area contributed by atoms with E-state index in [4.69, 9.17) is 17.3 Å².